The number of aromatic nitrogens is 2. The average molecular weight is 324 g/mol. The average Bonchev–Trinajstić information content (AvgIpc) is 2.79. The van der Waals surface area contributed by atoms with Crippen molar-refractivity contribution >= 4 is 11.8 Å². The van der Waals surface area contributed by atoms with Crippen LogP contribution in [0, 0.1) is 0 Å². The second-order valence-corrected chi connectivity index (χ2v) is 5.72. The summed E-state index contributed by atoms with van der Waals surface area (Å²) in [6.07, 6.45) is 0. The summed E-state index contributed by atoms with van der Waals surface area (Å²) >= 11 is 1.33. The van der Waals surface area contributed by atoms with Crippen molar-refractivity contribution in [3.63, 3.8) is 0 Å². The number of benzene rings is 1. The Bertz CT molecular complexity index is 824. The van der Waals surface area contributed by atoms with Gasteiger partial charge in [-0.25, -0.2) is 4.98 Å². The lowest BCUT2D eigenvalue weighted by Crippen LogP contribution is -2.13. The fourth-order valence-corrected chi connectivity index (χ4v) is 2.92. The molecule has 0 aromatic heterocycles. The van der Waals surface area contributed by atoms with Crippen molar-refractivity contribution in [1.29, 1.82) is 0 Å². The number of fused-ring (bicyclic) bond motifs is 1. The number of nitrogens with zero attached hydrogens (tertiary/aromatic N) is 2. The molecule has 1 aliphatic heterocycles. The maximum absolute atomic E-state index is 12.3. The zero-order chi connectivity index (χ0) is 16.1. The summed E-state index contributed by atoms with van der Waals surface area (Å²) in [5.74, 6) is 0.432. The van der Waals surface area contributed by atoms with Crippen LogP contribution in [0.5, 0.6) is 0 Å². The molecule has 0 unspecified atom stereocenters. The monoisotopic (exact) mass is 324 g/mol. The molecule has 0 fully saturated rings. The molecule has 1 aromatic rings. The van der Waals surface area contributed by atoms with Gasteiger partial charge in [0.05, 0.1) is 17.2 Å². The lowest BCUT2D eigenvalue weighted by atomic mass is 10.0. The summed E-state index contributed by atoms with van der Waals surface area (Å²) in [5, 5.41) is 0.444. The third kappa shape index (κ3) is 3.57. The Kier molecular flexibility index (Phi) is 5.00. The molecule has 3 rings (SSSR count). The lowest BCUT2D eigenvalue weighted by Gasteiger charge is -2.08. The predicted octanol–water partition coefficient (Wildman–Crippen LogP) is 3.69. The van der Waals surface area contributed by atoms with E-state index >= 15 is 0 Å². The zero-order valence-corrected chi connectivity index (χ0v) is 13.5. The molecule has 0 bridgehead atoms. The second-order valence-electron chi connectivity index (χ2n) is 4.83. The van der Waals surface area contributed by atoms with Gasteiger partial charge in [0.25, 0.3) is 5.56 Å². The van der Waals surface area contributed by atoms with Crippen LogP contribution in [0.3, 0.4) is 0 Å². The van der Waals surface area contributed by atoms with E-state index < -0.39 is 0 Å². The van der Waals surface area contributed by atoms with E-state index in [1.807, 2.05) is 55.5 Å². The highest BCUT2D eigenvalue weighted by Gasteiger charge is 2.15. The number of hydrogen-bond acceptors (Lipinski definition) is 5. The maximum Gasteiger partial charge on any atom is 0.281 e. The molecule has 23 heavy (non-hydrogen) atoms. The van der Waals surface area contributed by atoms with Crippen LogP contribution in [0.15, 0.2) is 64.5 Å². The van der Waals surface area contributed by atoms with Crippen LogP contribution >= 0.6 is 11.8 Å². The minimum atomic E-state index is -0.262. The van der Waals surface area contributed by atoms with E-state index in [0.29, 0.717) is 29.0 Å². The molecule has 0 atom stereocenters. The fourth-order valence-electron chi connectivity index (χ4n) is 2.26. The van der Waals surface area contributed by atoms with Crippen LogP contribution in [0.2, 0.25) is 0 Å². The van der Waals surface area contributed by atoms with Gasteiger partial charge in [0.15, 0.2) is 5.16 Å². The van der Waals surface area contributed by atoms with Crippen molar-refractivity contribution in [2.75, 3.05) is 12.5 Å². The Labute approximate surface area is 138 Å². The smallest absolute Gasteiger partial charge is 0.281 e. The third-order valence-electron chi connectivity index (χ3n) is 3.34. The van der Waals surface area contributed by atoms with Crippen molar-refractivity contribution in [2.24, 2.45) is 0 Å². The first kappa shape index (κ1) is 15.6. The van der Waals surface area contributed by atoms with Crippen LogP contribution in [0.4, 0.5) is 0 Å². The maximum atomic E-state index is 12.3. The second kappa shape index (κ2) is 7.35. The van der Waals surface area contributed by atoms with Crippen molar-refractivity contribution in [2.45, 2.75) is 12.1 Å². The fraction of sp³-hybridized carbons (Fsp3) is 0.167. The van der Waals surface area contributed by atoms with Crippen LogP contribution in [0.1, 0.15) is 6.92 Å². The molecule has 5 heteroatoms. The Morgan fingerprint density at radius 1 is 0.957 bits per heavy atom. The summed E-state index contributed by atoms with van der Waals surface area (Å²) in [6.45, 7) is 2.55. The van der Waals surface area contributed by atoms with Gasteiger partial charge < -0.3 is 4.74 Å². The first-order valence-electron chi connectivity index (χ1n) is 7.36. The normalized spacial score (nSPS) is 10.8. The summed E-state index contributed by atoms with van der Waals surface area (Å²) in [6, 6.07) is 17.4. The molecule has 4 nitrogen and oxygen atoms in total. The Balaban J connectivity index is 2.14. The molecular formula is C18H16N2O2S. The summed E-state index contributed by atoms with van der Waals surface area (Å²) in [7, 11) is 0. The molecule has 0 radical (unpaired) electrons. The first-order chi connectivity index (χ1) is 11.3. The number of hydrogen-bond donors (Lipinski definition) is 0. The van der Waals surface area contributed by atoms with Crippen molar-refractivity contribution in [3.8, 4) is 22.4 Å². The van der Waals surface area contributed by atoms with Gasteiger partial charge in [0.2, 0.25) is 0 Å². The van der Waals surface area contributed by atoms with Gasteiger partial charge in [-0.2, -0.15) is 4.98 Å². The van der Waals surface area contributed by atoms with E-state index in [0.717, 1.165) is 11.1 Å². The Morgan fingerprint density at radius 2 is 1.65 bits per heavy atom. The van der Waals surface area contributed by atoms with E-state index in [1.54, 1.807) is 6.07 Å². The highest BCUT2D eigenvalue weighted by atomic mass is 32.2. The molecule has 0 saturated carbocycles. The van der Waals surface area contributed by atoms with Crippen LogP contribution in [0.25, 0.3) is 22.4 Å². The summed E-state index contributed by atoms with van der Waals surface area (Å²) in [4.78, 5) is 21.0. The van der Waals surface area contributed by atoms with Crippen molar-refractivity contribution < 1.29 is 4.74 Å². The minimum absolute atomic E-state index is 0.262. The molecule has 116 valence electrons. The molecule has 2 aliphatic rings. The van der Waals surface area contributed by atoms with E-state index in [9.17, 15) is 4.79 Å². The zero-order valence-electron chi connectivity index (χ0n) is 12.7. The summed E-state index contributed by atoms with van der Waals surface area (Å²) in [5.41, 5.74) is 2.87. The highest BCUT2D eigenvalue weighted by molar-refractivity contribution is 7.99. The van der Waals surface area contributed by atoms with E-state index in [4.69, 9.17) is 4.74 Å². The molecule has 1 aromatic carbocycles. The largest absolute Gasteiger partial charge is 0.371 e. The molecular weight excluding hydrogens is 308 g/mol. The van der Waals surface area contributed by atoms with Gasteiger partial charge in [-0.15, -0.1) is 0 Å². The number of thioether (sulfide) groups is 1. The molecule has 0 saturated heterocycles. The topological polar surface area (TPSA) is 52.1 Å². The molecule has 0 N–H and O–H groups in total. The quantitative estimate of drug-likeness (QED) is 0.310. The third-order valence-corrected chi connectivity index (χ3v) is 4.07. The van der Waals surface area contributed by atoms with Gasteiger partial charge in [0.1, 0.15) is 0 Å². The van der Waals surface area contributed by atoms with E-state index in [1.165, 1.54) is 11.8 Å². The first-order valence-corrected chi connectivity index (χ1v) is 8.35. The van der Waals surface area contributed by atoms with Gasteiger partial charge >= 0.3 is 0 Å². The van der Waals surface area contributed by atoms with Gasteiger partial charge in [-0.3, -0.25) is 4.79 Å². The highest BCUT2D eigenvalue weighted by Crippen LogP contribution is 2.29. The summed E-state index contributed by atoms with van der Waals surface area (Å²) < 4.78 is 5.30. The molecule has 1 heterocycles. The van der Waals surface area contributed by atoms with Gasteiger partial charge in [-0.1, -0.05) is 60.3 Å². The van der Waals surface area contributed by atoms with Crippen LogP contribution in [-0.2, 0) is 4.74 Å². The SMILES string of the molecule is CCOCSc1nc2c(-c3ccccc3)ccccc-2c(=O)n1. The van der Waals surface area contributed by atoms with Crippen molar-refractivity contribution in [3.05, 3.63) is 65.0 Å². The van der Waals surface area contributed by atoms with Gasteiger partial charge in [0, 0.05) is 12.2 Å². The van der Waals surface area contributed by atoms with E-state index in [2.05, 4.69) is 9.97 Å². The number of rotatable bonds is 5. The lowest BCUT2D eigenvalue weighted by molar-refractivity contribution is 0.199. The minimum Gasteiger partial charge on any atom is -0.371 e. The molecule has 0 spiro atoms. The Morgan fingerprint density at radius 3 is 2.39 bits per heavy atom. The van der Waals surface area contributed by atoms with E-state index in [-0.39, 0.29) is 5.56 Å². The van der Waals surface area contributed by atoms with Gasteiger partial charge in [-0.05, 0) is 18.6 Å². The molecule has 0 amide bonds. The van der Waals surface area contributed by atoms with Crippen molar-refractivity contribution in [1.82, 2.24) is 9.97 Å². The van der Waals surface area contributed by atoms with Crippen LogP contribution < -0.4 is 5.56 Å². The standard InChI is InChI=1S/C18H16N2O2S/c1-2-22-12-23-18-19-16-14(13-8-4-3-5-9-13)10-6-7-11-15(16)17(21)20-18/h3-11H,2,12H2,1H3. The number of ether oxygens (including phenoxy) is 1. The van der Waals surface area contributed by atoms with Crippen LogP contribution in [-0.4, -0.2) is 22.5 Å². The predicted molar refractivity (Wildman–Crippen MR) is 92.7 cm³/mol. The molecule has 1 aliphatic carbocycles. The Hall–Kier alpha value is -2.24.